The fourth-order valence-corrected chi connectivity index (χ4v) is 2.44. The van der Waals surface area contributed by atoms with Gasteiger partial charge in [-0.2, -0.15) is 9.98 Å². The Labute approximate surface area is 126 Å². The van der Waals surface area contributed by atoms with E-state index in [-0.39, 0.29) is 11.8 Å². The van der Waals surface area contributed by atoms with E-state index in [1.807, 2.05) is 13.8 Å². The van der Waals surface area contributed by atoms with Gasteiger partial charge in [-0.3, -0.25) is 0 Å². The second kappa shape index (κ2) is 6.02. The number of amidine groups is 1. The summed E-state index contributed by atoms with van der Waals surface area (Å²) < 4.78 is 0. The van der Waals surface area contributed by atoms with Gasteiger partial charge in [0.1, 0.15) is 5.84 Å². The molecule has 1 heterocycles. The number of rotatable bonds is 2. The van der Waals surface area contributed by atoms with Gasteiger partial charge < -0.3 is 11.5 Å². The molecule has 7 heteroatoms. The van der Waals surface area contributed by atoms with Crippen LogP contribution in [0.25, 0.3) is 0 Å². The minimum atomic E-state index is 0.0659. The molecule has 2 rings (SSSR count). The van der Waals surface area contributed by atoms with E-state index in [9.17, 15) is 0 Å². The molecule has 0 aliphatic carbocycles. The molecule has 0 atom stereocenters. The molecule has 0 radical (unpaired) electrons. The standard InChI is InChI=1S/C13H14ClN5S/c1-7-8(2)20-13(17-7)19-12(16)18-11(15)9-4-3-5-10(14)6-9/h3-6H,1-2H3,(H4,15,16,17,18,19). The number of guanidine groups is 1. The van der Waals surface area contributed by atoms with Crippen LogP contribution in [0.5, 0.6) is 0 Å². The number of aryl methyl sites for hydroxylation is 2. The molecule has 0 bridgehead atoms. The molecule has 1 aromatic heterocycles. The third kappa shape index (κ3) is 3.55. The van der Waals surface area contributed by atoms with Gasteiger partial charge >= 0.3 is 0 Å². The van der Waals surface area contributed by atoms with Gasteiger partial charge in [0.25, 0.3) is 0 Å². The summed E-state index contributed by atoms with van der Waals surface area (Å²) in [7, 11) is 0. The largest absolute Gasteiger partial charge is 0.383 e. The summed E-state index contributed by atoms with van der Waals surface area (Å²) >= 11 is 7.35. The van der Waals surface area contributed by atoms with Crippen LogP contribution < -0.4 is 11.5 Å². The Hall–Kier alpha value is -1.92. The van der Waals surface area contributed by atoms with Crippen molar-refractivity contribution in [1.82, 2.24) is 4.98 Å². The quantitative estimate of drug-likeness (QED) is 0.660. The van der Waals surface area contributed by atoms with Crippen molar-refractivity contribution in [2.24, 2.45) is 21.5 Å². The van der Waals surface area contributed by atoms with E-state index in [4.69, 9.17) is 23.1 Å². The Balaban J connectivity index is 2.25. The molecule has 104 valence electrons. The first-order chi connectivity index (χ1) is 9.45. The van der Waals surface area contributed by atoms with Gasteiger partial charge in [0, 0.05) is 15.5 Å². The highest BCUT2D eigenvalue weighted by molar-refractivity contribution is 7.15. The zero-order valence-electron chi connectivity index (χ0n) is 11.1. The summed E-state index contributed by atoms with van der Waals surface area (Å²) in [6, 6.07) is 7.07. The van der Waals surface area contributed by atoms with Crippen molar-refractivity contribution in [3.05, 3.63) is 45.4 Å². The van der Waals surface area contributed by atoms with Gasteiger partial charge in [-0.1, -0.05) is 35.1 Å². The first-order valence-electron chi connectivity index (χ1n) is 5.84. The van der Waals surface area contributed by atoms with Gasteiger partial charge in [-0.15, -0.1) is 0 Å². The van der Waals surface area contributed by atoms with Crippen molar-refractivity contribution >= 4 is 39.9 Å². The number of hydrogen-bond acceptors (Lipinski definition) is 3. The molecule has 0 amide bonds. The number of aromatic nitrogens is 1. The molecule has 0 unspecified atom stereocenters. The van der Waals surface area contributed by atoms with Gasteiger partial charge in [0.05, 0.1) is 5.69 Å². The van der Waals surface area contributed by atoms with Crippen LogP contribution in [0.1, 0.15) is 16.1 Å². The number of halogens is 1. The molecular formula is C13H14ClN5S. The second-order valence-corrected chi connectivity index (χ2v) is 5.73. The predicted molar refractivity (Wildman–Crippen MR) is 85.0 cm³/mol. The van der Waals surface area contributed by atoms with Crippen molar-refractivity contribution in [1.29, 1.82) is 0 Å². The molecule has 1 aromatic carbocycles. The molecule has 0 aliphatic rings. The van der Waals surface area contributed by atoms with Gasteiger partial charge in [0.2, 0.25) is 11.1 Å². The van der Waals surface area contributed by atoms with Gasteiger partial charge in [-0.05, 0) is 26.0 Å². The molecule has 5 nitrogen and oxygen atoms in total. The van der Waals surface area contributed by atoms with Crippen LogP contribution in [0.3, 0.4) is 0 Å². The monoisotopic (exact) mass is 307 g/mol. The Morgan fingerprint density at radius 2 is 2.05 bits per heavy atom. The zero-order chi connectivity index (χ0) is 14.7. The summed E-state index contributed by atoms with van der Waals surface area (Å²) in [5.74, 6) is 0.329. The van der Waals surface area contributed by atoms with E-state index in [1.54, 1.807) is 24.3 Å². The second-order valence-electron chi connectivity index (χ2n) is 4.12. The Kier molecular flexibility index (Phi) is 4.36. The lowest BCUT2D eigenvalue weighted by atomic mass is 10.2. The Bertz CT molecular complexity index is 670. The number of aliphatic imine (C=N–C) groups is 2. The predicted octanol–water partition coefficient (Wildman–Crippen LogP) is 2.77. The number of nitrogens with two attached hydrogens (primary N) is 2. The number of benzene rings is 1. The molecule has 20 heavy (non-hydrogen) atoms. The highest BCUT2D eigenvalue weighted by Gasteiger charge is 2.04. The van der Waals surface area contributed by atoms with E-state index in [0.29, 0.717) is 15.7 Å². The lowest BCUT2D eigenvalue weighted by Gasteiger charge is -2.00. The summed E-state index contributed by atoms with van der Waals surface area (Å²) in [4.78, 5) is 13.5. The smallest absolute Gasteiger partial charge is 0.224 e. The first-order valence-corrected chi connectivity index (χ1v) is 7.03. The third-order valence-corrected chi connectivity index (χ3v) is 3.78. The molecular weight excluding hydrogens is 294 g/mol. The lowest BCUT2D eigenvalue weighted by Crippen LogP contribution is -2.19. The third-order valence-electron chi connectivity index (χ3n) is 2.58. The van der Waals surface area contributed by atoms with E-state index in [2.05, 4.69) is 15.0 Å². The normalized spacial score (nSPS) is 12.8. The highest BCUT2D eigenvalue weighted by Crippen LogP contribution is 2.23. The fourth-order valence-electron chi connectivity index (χ4n) is 1.46. The summed E-state index contributed by atoms with van der Waals surface area (Å²) in [5.41, 5.74) is 13.3. The van der Waals surface area contributed by atoms with Crippen LogP contribution in [-0.4, -0.2) is 16.8 Å². The van der Waals surface area contributed by atoms with Crippen molar-refractivity contribution in [2.75, 3.05) is 0 Å². The maximum absolute atomic E-state index is 5.90. The molecule has 0 fully saturated rings. The average molecular weight is 308 g/mol. The fraction of sp³-hybridized carbons (Fsp3) is 0.154. The van der Waals surface area contributed by atoms with Crippen LogP contribution in [0.15, 0.2) is 34.3 Å². The zero-order valence-corrected chi connectivity index (χ0v) is 12.7. The molecule has 0 saturated carbocycles. The maximum atomic E-state index is 5.90. The number of hydrogen-bond donors (Lipinski definition) is 2. The van der Waals surface area contributed by atoms with E-state index in [1.165, 1.54) is 11.3 Å². The highest BCUT2D eigenvalue weighted by atomic mass is 35.5. The Morgan fingerprint density at radius 3 is 2.65 bits per heavy atom. The maximum Gasteiger partial charge on any atom is 0.224 e. The van der Waals surface area contributed by atoms with Crippen LogP contribution in [0.2, 0.25) is 5.02 Å². The van der Waals surface area contributed by atoms with Crippen molar-refractivity contribution in [3.63, 3.8) is 0 Å². The molecule has 2 aromatic rings. The molecule has 4 N–H and O–H groups in total. The molecule has 0 spiro atoms. The molecule has 0 saturated heterocycles. The van der Waals surface area contributed by atoms with Crippen LogP contribution in [-0.2, 0) is 0 Å². The summed E-state index contributed by atoms with van der Waals surface area (Å²) in [6.07, 6.45) is 0. The van der Waals surface area contributed by atoms with E-state index >= 15 is 0 Å². The Morgan fingerprint density at radius 1 is 1.30 bits per heavy atom. The van der Waals surface area contributed by atoms with E-state index in [0.717, 1.165) is 10.6 Å². The minimum absolute atomic E-state index is 0.0659. The number of thiazole rings is 1. The van der Waals surface area contributed by atoms with Gasteiger partial charge in [-0.25, -0.2) is 4.98 Å². The minimum Gasteiger partial charge on any atom is -0.383 e. The van der Waals surface area contributed by atoms with Crippen LogP contribution in [0.4, 0.5) is 5.13 Å². The van der Waals surface area contributed by atoms with Crippen molar-refractivity contribution in [2.45, 2.75) is 13.8 Å². The number of nitrogens with zero attached hydrogens (tertiary/aromatic N) is 3. The van der Waals surface area contributed by atoms with Crippen LogP contribution >= 0.6 is 22.9 Å². The van der Waals surface area contributed by atoms with Gasteiger partial charge in [0.15, 0.2) is 0 Å². The molecule has 0 aliphatic heterocycles. The summed E-state index contributed by atoms with van der Waals surface area (Å²) in [5, 5.41) is 1.16. The van der Waals surface area contributed by atoms with Crippen molar-refractivity contribution < 1.29 is 0 Å². The first kappa shape index (κ1) is 14.5. The van der Waals surface area contributed by atoms with E-state index < -0.39 is 0 Å². The van der Waals surface area contributed by atoms with Crippen LogP contribution in [0, 0.1) is 13.8 Å². The topological polar surface area (TPSA) is 89.6 Å². The summed E-state index contributed by atoms with van der Waals surface area (Å²) in [6.45, 7) is 3.90. The van der Waals surface area contributed by atoms with Crippen molar-refractivity contribution in [3.8, 4) is 0 Å². The lowest BCUT2D eigenvalue weighted by molar-refractivity contribution is 1.21. The SMILES string of the molecule is Cc1nc(/N=C(N)/N=C(\N)c2cccc(Cl)c2)sc1C. The average Bonchev–Trinajstić information content (AvgIpc) is 2.67.